The molecule has 2 rings (SSSR count). The lowest BCUT2D eigenvalue weighted by Crippen LogP contribution is -2.25. The standard InChI is InChI=1S/C13H18ClN3S2/c1-3-17(4-2)6-8-18-9-11-15-12(14)10-5-7-19-13(10)16-11/h5,7H,3-4,6,8-9H2,1-2H3. The van der Waals surface area contributed by atoms with Crippen LogP contribution in [0.5, 0.6) is 0 Å². The topological polar surface area (TPSA) is 29.0 Å². The van der Waals surface area contributed by atoms with Crippen molar-refractivity contribution in [1.82, 2.24) is 14.9 Å². The normalized spacial score (nSPS) is 11.6. The van der Waals surface area contributed by atoms with Crippen LogP contribution in [-0.4, -0.2) is 40.3 Å². The lowest BCUT2D eigenvalue weighted by Gasteiger charge is -2.17. The van der Waals surface area contributed by atoms with E-state index in [2.05, 4.69) is 28.7 Å². The Morgan fingerprint density at radius 3 is 2.84 bits per heavy atom. The van der Waals surface area contributed by atoms with E-state index in [-0.39, 0.29) is 0 Å². The Bertz CT molecular complexity index is 526. The highest BCUT2D eigenvalue weighted by Crippen LogP contribution is 2.25. The Morgan fingerprint density at radius 1 is 1.32 bits per heavy atom. The van der Waals surface area contributed by atoms with Crippen molar-refractivity contribution in [2.45, 2.75) is 19.6 Å². The minimum Gasteiger partial charge on any atom is -0.303 e. The first-order valence-electron chi connectivity index (χ1n) is 6.44. The molecule has 6 heteroatoms. The fourth-order valence-corrected chi connectivity index (χ4v) is 3.75. The number of hydrogen-bond donors (Lipinski definition) is 0. The lowest BCUT2D eigenvalue weighted by molar-refractivity contribution is 0.324. The summed E-state index contributed by atoms with van der Waals surface area (Å²) in [5.41, 5.74) is 0. The van der Waals surface area contributed by atoms with Gasteiger partial charge in [-0.15, -0.1) is 11.3 Å². The molecule has 0 aliphatic rings. The second-order valence-corrected chi connectivity index (χ2v) is 6.51. The van der Waals surface area contributed by atoms with E-state index in [4.69, 9.17) is 11.6 Å². The Balaban J connectivity index is 1.87. The fraction of sp³-hybridized carbons (Fsp3) is 0.538. The molecular weight excluding hydrogens is 298 g/mol. The van der Waals surface area contributed by atoms with Crippen molar-refractivity contribution in [3.8, 4) is 0 Å². The van der Waals surface area contributed by atoms with Gasteiger partial charge in [-0.3, -0.25) is 0 Å². The summed E-state index contributed by atoms with van der Waals surface area (Å²) in [6.07, 6.45) is 0. The molecule has 2 aromatic rings. The van der Waals surface area contributed by atoms with E-state index in [1.54, 1.807) is 11.3 Å². The SMILES string of the molecule is CCN(CC)CCSCc1nc(Cl)c2ccsc2n1. The molecule has 0 amide bonds. The molecule has 104 valence electrons. The van der Waals surface area contributed by atoms with Crippen LogP contribution in [0.2, 0.25) is 5.15 Å². The third-order valence-corrected chi connectivity index (χ3v) is 5.03. The largest absolute Gasteiger partial charge is 0.303 e. The van der Waals surface area contributed by atoms with E-state index in [9.17, 15) is 0 Å². The highest BCUT2D eigenvalue weighted by atomic mass is 35.5. The molecule has 0 aliphatic heterocycles. The van der Waals surface area contributed by atoms with Crippen LogP contribution in [0.4, 0.5) is 0 Å². The maximum Gasteiger partial charge on any atom is 0.141 e. The van der Waals surface area contributed by atoms with Crippen molar-refractivity contribution in [2.24, 2.45) is 0 Å². The van der Waals surface area contributed by atoms with Gasteiger partial charge in [-0.05, 0) is 24.5 Å². The van der Waals surface area contributed by atoms with Crippen LogP contribution in [0.15, 0.2) is 11.4 Å². The average Bonchev–Trinajstić information content (AvgIpc) is 2.88. The summed E-state index contributed by atoms with van der Waals surface area (Å²) in [5, 5.41) is 3.54. The maximum absolute atomic E-state index is 6.15. The molecule has 0 N–H and O–H groups in total. The highest BCUT2D eigenvalue weighted by molar-refractivity contribution is 7.98. The van der Waals surface area contributed by atoms with Gasteiger partial charge in [0.25, 0.3) is 0 Å². The van der Waals surface area contributed by atoms with E-state index in [0.717, 1.165) is 47.2 Å². The predicted octanol–water partition coefficient (Wildman–Crippen LogP) is 3.92. The van der Waals surface area contributed by atoms with Gasteiger partial charge in [0.2, 0.25) is 0 Å². The van der Waals surface area contributed by atoms with Gasteiger partial charge in [0, 0.05) is 17.7 Å². The molecule has 0 spiro atoms. The number of aromatic nitrogens is 2. The number of fused-ring (bicyclic) bond motifs is 1. The third-order valence-electron chi connectivity index (χ3n) is 3.00. The molecule has 3 nitrogen and oxygen atoms in total. The molecule has 0 fully saturated rings. The van der Waals surface area contributed by atoms with Crippen LogP contribution in [0.3, 0.4) is 0 Å². The van der Waals surface area contributed by atoms with Crippen molar-refractivity contribution in [3.63, 3.8) is 0 Å². The third kappa shape index (κ3) is 4.05. The molecule has 2 heterocycles. The van der Waals surface area contributed by atoms with Crippen molar-refractivity contribution in [2.75, 3.05) is 25.4 Å². The van der Waals surface area contributed by atoms with Crippen LogP contribution < -0.4 is 0 Å². The fourth-order valence-electron chi connectivity index (χ4n) is 1.82. The van der Waals surface area contributed by atoms with Gasteiger partial charge in [0.05, 0.1) is 5.75 Å². The van der Waals surface area contributed by atoms with Gasteiger partial charge >= 0.3 is 0 Å². The van der Waals surface area contributed by atoms with Crippen LogP contribution in [0, 0.1) is 0 Å². The van der Waals surface area contributed by atoms with Crippen LogP contribution >= 0.6 is 34.7 Å². The number of rotatable bonds is 7. The van der Waals surface area contributed by atoms with E-state index in [1.807, 2.05) is 23.2 Å². The van der Waals surface area contributed by atoms with E-state index >= 15 is 0 Å². The van der Waals surface area contributed by atoms with Crippen LogP contribution in [0.1, 0.15) is 19.7 Å². The molecule has 0 saturated carbocycles. The first-order chi connectivity index (χ1) is 9.24. The molecular formula is C13H18ClN3S2. The number of thiophene rings is 1. The number of hydrogen-bond acceptors (Lipinski definition) is 5. The van der Waals surface area contributed by atoms with E-state index < -0.39 is 0 Å². The zero-order valence-corrected chi connectivity index (χ0v) is 13.6. The van der Waals surface area contributed by atoms with Crippen LogP contribution in [-0.2, 0) is 5.75 Å². The zero-order chi connectivity index (χ0) is 13.7. The van der Waals surface area contributed by atoms with Crippen LogP contribution in [0.25, 0.3) is 10.2 Å². The number of halogens is 1. The minimum atomic E-state index is 0.575. The molecule has 0 saturated heterocycles. The molecule has 2 aromatic heterocycles. The van der Waals surface area contributed by atoms with E-state index in [1.165, 1.54) is 0 Å². The maximum atomic E-state index is 6.15. The average molecular weight is 316 g/mol. The quantitative estimate of drug-likeness (QED) is 0.572. The Labute approximate surface area is 127 Å². The summed E-state index contributed by atoms with van der Waals surface area (Å²) in [7, 11) is 0. The summed E-state index contributed by atoms with van der Waals surface area (Å²) in [6.45, 7) is 7.73. The summed E-state index contributed by atoms with van der Waals surface area (Å²) >= 11 is 9.63. The zero-order valence-electron chi connectivity index (χ0n) is 11.2. The highest BCUT2D eigenvalue weighted by Gasteiger charge is 2.07. The van der Waals surface area contributed by atoms with E-state index in [0.29, 0.717) is 5.15 Å². The number of thioether (sulfide) groups is 1. The summed E-state index contributed by atoms with van der Waals surface area (Å²) in [4.78, 5) is 12.3. The summed E-state index contributed by atoms with van der Waals surface area (Å²) in [5.74, 6) is 2.77. The molecule has 0 bridgehead atoms. The van der Waals surface area contributed by atoms with Crippen molar-refractivity contribution in [3.05, 3.63) is 22.4 Å². The molecule has 0 unspecified atom stereocenters. The van der Waals surface area contributed by atoms with Gasteiger partial charge in [0.15, 0.2) is 0 Å². The minimum absolute atomic E-state index is 0.575. The Hall–Kier alpha value is -0.360. The molecule has 0 aliphatic carbocycles. The summed E-state index contributed by atoms with van der Waals surface area (Å²) < 4.78 is 0. The summed E-state index contributed by atoms with van der Waals surface area (Å²) in [6, 6.07) is 1.97. The molecule has 0 atom stereocenters. The monoisotopic (exact) mass is 315 g/mol. The number of nitrogens with zero attached hydrogens (tertiary/aromatic N) is 3. The molecule has 0 aromatic carbocycles. The van der Waals surface area contributed by atoms with Gasteiger partial charge < -0.3 is 4.90 Å². The second kappa shape index (κ2) is 7.43. The lowest BCUT2D eigenvalue weighted by atomic mass is 10.4. The smallest absolute Gasteiger partial charge is 0.141 e. The molecule has 19 heavy (non-hydrogen) atoms. The van der Waals surface area contributed by atoms with Gasteiger partial charge in [-0.25, -0.2) is 9.97 Å². The van der Waals surface area contributed by atoms with Gasteiger partial charge in [0.1, 0.15) is 15.8 Å². The second-order valence-electron chi connectivity index (χ2n) is 4.15. The first kappa shape index (κ1) is 15.0. The first-order valence-corrected chi connectivity index (χ1v) is 8.85. The van der Waals surface area contributed by atoms with Crippen molar-refractivity contribution < 1.29 is 0 Å². The predicted molar refractivity (Wildman–Crippen MR) is 86.4 cm³/mol. The Morgan fingerprint density at radius 2 is 2.11 bits per heavy atom. The Kier molecular flexibility index (Phi) is 5.88. The van der Waals surface area contributed by atoms with Crippen molar-refractivity contribution in [1.29, 1.82) is 0 Å². The van der Waals surface area contributed by atoms with Gasteiger partial charge in [-0.1, -0.05) is 25.4 Å². The van der Waals surface area contributed by atoms with Gasteiger partial charge in [-0.2, -0.15) is 11.8 Å². The molecule has 0 radical (unpaired) electrons. The van der Waals surface area contributed by atoms with Crippen molar-refractivity contribution >= 4 is 44.9 Å².